The molecule has 1 atom stereocenters. The Morgan fingerprint density at radius 2 is 1.64 bits per heavy atom. The molecule has 1 aliphatic heterocycles. The Balaban J connectivity index is 1.66. The van der Waals surface area contributed by atoms with Crippen LogP contribution in [-0.2, 0) is 4.79 Å². The molecule has 3 rings (SSSR count). The summed E-state index contributed by atoms with van der Waals surface area (Å²) in [5.74, 6) is 0.0226. The van der Waals surface area contributed by atoms with Crippen LogP contribution in [0.1, 0.15) is 46.9 Å². The molecule has 1 fully saturated rings. The Kier molecular flexibility index (Phi) is 8.72. The molecule has 0 bridgehead atoms. The van der Waals surface area contributed by atoms with Gasteiger partial charge in [-0.1, -0.05) is 18.5 Å². The van der Waals surface area contributed by atoms with E-state index in [9.17, 15) is 14.4 Å². The number of piperidine rings is 1. The van der Waals surface area contributed by atoms with Crippen molar-refractivity contribution in [3.8, 4) is 5.75 Å². The molecule has 1 saturated heterocycles. The van der Waals surface area contributed by atoms with Crippen LogP contribution >= 0.6 is 11.6 Å². The minimum absolute atomic E-state index is 0.0561. The fraction of sp³-hybridized carbons (Fsp3) is 0.400. The molecular weight excluding hydrogens is 442 g/mol. The molecule has 0 aromatic heterocycles. The Labute approximate surface area is 199 Å². The Hall–Kier alpha value is -3.06. The van der Waals surface area contributed by atoms with Gasteiger partial charge in [-0.05, 0) is 73.7 Å². The number of carbonyl (C=O) groups is 3. The molecule has 7 nitrogen and oxygen atoms in total. The molecular formula is C25H30ClN3O4. The van der Waals surface area contributed by atoms with Crippen LogP contribution in [0.3, 0.4) is 0 Å². The average molecular weight is 472 g/mol. The highest BCUT2D eigenvalue weighted by atomic mass is 35.5. The van der Waals surface area contributed by atoms with Crippen molar-refractivity contribution < 1.29 is 19.1 Å². The molecule has 0 aliphatic carbocycles. The first-order valence-corrected chi connectivity index (χ1v) is 11.6. The van der Waals surface area contributed by atoms with Crippen LogP contribution in [0.2, 0.25) is 5.02 Å². The van der Waals surface area contributed by atoms with Crippen molar-refractivity contribution in [2.24, 2.45) is 5.92 Å². The van der Waals surface area contributed by atoms with Crippen molar-refractivity contribution >= 4 is 29.3 Å². The van der Waals surface area contributed by atoms with Crippen molar-refractivity contribution in [3.05, 3.63) is 64.7 Å². The molecule has 1 aliphatic rings. The number of hydrogen-bond donors (Lipinski definition) is 2. The lowest BCUT2D eigenvalue weighted by Crippen LogP contribution is -2.54. The summed E-state index contributed by atoms with van der Waals surface area (Å²) in [4.78, 5) is 40.3. The second-order valence-corrected chi connectivity index (χ2v) is 8.54. The van der Waals surface area contributed by atoms with Crippen LogP contribution in [0.5, 0.6) is 5.75 Å². The second kappa shape index (κ2) is 11.7. The lowest BCUT2D eigenvalue weighted by molar-refractivity contribution is -0.124. The number of carbonyl (C=O) groups excluding carboxylic acids is 3. The summed E-state index contributed by atoms with van der Waals surface area (Å²) < 4.78 is 5.14. The first-order chi connectivity index (χ1) is 15.9. The molecule has 2 aromatic carbocycles. The molecule has 3 amide bonds. The number of methoxy groups -OCH3 is 1. The summed E-state index contributed by atoms with van der Waals surface area (Å²) in [6, 6.07) is 12.9. The van der Waals surface area contributed by atoms with Gasteiger partial charge in [-0.15, -0.1) is 0 Å². The van der Waals surface area contributed by atoms with E-state index in [1.807, 2.05) is 6.92 Å². The van der Waals surface area contributed by atoms with Crippen molar-refractivity contribution in [1.82, 2.24) is 15.5 Å². The standard InChI is InChI=1S/C25H30ClN3O4/c1-3-14-27-24(31)22(28-23(30)18-6-10-21(33-2)11-7-18)17-12-15-29(16-13-17)25(32)19-4-8-20(26)9-5-19/h4-11,17,22H,3,12-16H2,1-2H3,(H,27,31)(H,28,30). The van der Waals surface area contributed by atoms with Crippen LogP contribution in [0.25, 0.3) is 0 Å². The van der Waals surface area contributed by atoms with E-state index in [2.05, 4.69) is 10.6 Å². The lowest BCUT2D eigenvalue weighted by atomic mass is 9.88. The quantitative estimate of drug-likeness (QED) is 0.616. The first-order valence-electron chi connectivity index (χ1n) is 11.2. The number of hydrogen-bond acceptors (Lipinski definition) is 4. The van der Waals surface area contributed by atoms with Gasteiger partial charge in [-0.2, -0.15) is 0 Å². The Morgan fingerprint density at radius 3 is 2.21 bits per heavy atom. The number of likely N-dealkylation sites (tertiary alicyclic amines) is 1. The van der Waals surface area contributed by atoms with Gasteiger partial charge in [-0.3, -0.25) is 14.4 Å². The van der Waals surface area contributed by atoms with E-state index in [0.717, 1.165) is 6.42 Å². The summed E-state index contributed by atoms with van der Waals surface area (Å²) >= 11 is 5.92. The van der Waals surface area contributed by atoms with E-state index in [-0.39, 0.29) is 23.6 Å². The van der Waals surface area contributed by atoms with E-state index in [4.69, 9.17) is 16.3 Å². The molecule has 8 heteroatoms. The maximum atomic E-state index is 12.9. The van der Waals surface area contributed by atoms with Gasteiger partial charge in [0.25, 0.3) is 11.8 Å². The van der Waals surface area contributed by atoms with Crippen molar-refractivity contribution in [2.75, 3.05) is 26.7 Å². The summed E-state index contributed by atoms with van der Waals surface area (Å²) in [6.45, 7) is 3.55. The summed E-state index contributed by atoms with van der Waals surface area (Å²) in [6.07, 6.45) is 2.04. The third kappa shape index (κ3) is 6.48. The number of benzene rings is 2. The number of rotatable bonds is 8. The molecule has 2 aromatic rings. The zero-order chi connectivity index (χ0) is 23.8. The fourth-order valence-electron chi connectivity index (χ4n) is 3.93. The van der Waals surface area contributed by atoms with Crippen LogP contribution < -0.4 is 15.4 Å². The highest BCUT2D eigenvalue weighted by Crippen LogP contribution is 2.23. The predicted molar refractivity (Wildman–Crippen MR) is 128 cm³/mol. The minimum atomic E-state index is -0.668. The van der Waals surface area contributed by atoms with Gasteiger partial charge in [0.15, 0.2) is 0 Å². The van der Waals surface area contributed by atoms with Gasteiger partial charge in [0, 0.05) is 35.8 Å². The smallest absolute Gasteiger partial charge is 0.253 e. The van der Waals surface area contributed by atoms with E-state index < -0.39 is 6.04 Å². The summed E-state index contributed by atoms with van der Waals surface area (Å²) in [5, 5.41) is 6.41. The molecule has 0 radical (unpaired) electrons. The van der Waals surface area contributed by atoms with Crippen molar-refractivity contribution in [3.63, 3.8) is 0 Å². The van der Waals surface area contributed by atoms with Crippen molar-refractivity contribution in [1.29, 1.82) is 0 Å². The maximum Gasteiger partial charge on any atom is 0.253 e. The van der Waals surface area contributed by atoms with Gasteiger partial charge in [0.05, 0.1) is 7.11 Å². The van der Waals surface area contributed by atoms with Gasteiger partial charge in [-0.25, -0.2) is 0 Å². The highest BCUT2D eigenvalue weighted by molar-refractivity contribution is 6.30. The molecule has 2 N–H and O–H groups in total. The fourth-order valence-corrected chi connectivity index (χ4v) is 4.06. The summed E-state index contributed by atoms with van der Waals surface area (Å²) in [5.41, 5.74) is 1.04. The molecule has 1 unspecified atom stereocenters. The van der Waals surface area contributed by atoms with Crippen LogP contribution in [-0.4, -0.2) is 55.4 Å². The molecule has 1 heterocycles. The maximum absolute atomic E-state index is 12.9. The molecule has 0 spiro atoms. The molecule has 176 valence electrons. The number of halogens is 1. The number of ether oxygens (including phenoxy) is 1. The van der Waals surface area contributed by atoms with E-state index in [1.165, 1.54) is 0 Å². The second-order valence-electron chi connectivity index (χ2n) is 8.11. The number of amides is 3. The largest absolute Gasteiger partial charge is 0.497 e. The zero-order valence-electron chi connectivity index (χ0n) is 19.0. The van der Waals surface area contributed by atoms with Gasteiger partial charge in [0.1, 0.15) is 11.8 Å². The van der Waals surface area contributed by atoms with E-state index in [1.54, 1.807) is 60.5 Å². The highest BCUT2D eigenvalue weighted by Gasteiger charge is 2.34. The lowest BCUT2D eigenvalue weighted by Gasteiger charge is -2.36. The van der Waals surface area contributed by atoms with E-state index in [0.29, 0.717) is 54.4 Å². The van der Waals surface area contributed by atoms with Crippen LogP contribution in [0.15, 0.2) is 48.5 Å². The molecule has 33 heavy (non-hydrogen) atoms. The van der Waals surface area contributed by atoms with E-state index >= 15 is 0 Å². The third-order valence-corrected chi connectivity index (χ3v) is 6.11. The van der Waals surface area contributed by atoms with Crippen LogP contribution in [0.4, 0.5) is 0 Å². The van der Waals surface area contributed by atoms with Crippen molar-refractivity contribution in [2.45, 2.75) is 32.2 Å². The van der Waals surface area contributed by atoms with Gasteiger partial charge >= 0.3 is 0 Å². The normalized spacial score (nSPS) is 14.9. The zero-order valence-corrected chi connectivity index (χ0v) is 19.7. The Bertz CT molecular complexity index is 955. The SMILES string of the molecule is CCCNC(=O)C(NC(=O)c1ccc(OC)cc1)C1CCN(C(=O)c2ccc(Cl)cc2)CC1. The first kappa shape index (κ1) is 24.6. The minimum Gasteiger partial charge on any atom is -0.497 e. The monoisotopic (exact) mass is 471 g/mol. The number of nitrogens with one attached hydrogen (secondary N) is 2. The van der Waals surface area contributed by atoms with Gasteiger partial charge < -0.3 is 20.3 Å². The average Bonchev–Trinajstić information content (AvgIpc) is 2.86. The topological polar surface area (TPSA) is 87.7 Å². The molecule has 0 saturated carbocycles. The third-order valence-electron chi connectivity index (χ3n) is 5.86. The number of nitrogens with zero attached hydrogens (tertiary/aromatic N) is 1. The predicted octanol–water partition coefficient (Wildman–Crippen LogP) is 3.53. The summed E-state index contributed by atoms with van der Waals surface area (Å²) in [7, 11) is 1.56. The Morgan fingerprint density at radius 1 is 1.03 bits per heavy atom. The van der Waals surface area contributed by atoms with Crippen LogP contribution in [0, 0.1) is 5.92 Å². The van der Waals surface area contributed by atoms with Gasteiger partial charge in [0.2, 0.25) is 5.91 Å².